The smallest absolute Gasteiger partial charge is 0.258 e. The highest BCUT2D eigenvalue weighted by Gasteiger charge is 2.11. The van der Waals surface area contributed by atoms with E-state index in [2.05, 4.69) is 5.32 Å². The predicted octanol–water partition coefficient (Wildman–Crippen LogP) is 4.56. The van der Waals surface area contributed by atoms with E-state index < -0.39 is 0 Å². The molecule has 0 aliphatic carbocycles. The quantitative estimate of drug-likeness (QED) is 0.868. The second-order valence-electron chi connectivity index (χ2n) is 5.04. The van der Waals surface area contributed by atoms with Crippen molar-refractivity contribution in [3.63, 3.8) is 0 Å². The molecule has 0 saturated heterocycles. The van der Waals surface area contributed by atoms with Gasteiger partial charge in [-0.1, -0.05) is 35.3 Å². The summed E-state index contributed by atoms with van der Waals surface area (Å²) in [6.45, 7) is 3.73. The third kappa shape index (κ3) is 4.65. The molecule has 0 unspecified atom stereocenters. The van der Waals surface area contributed by atoms with E-state index in [1.165, 1.54) is 0 Å². The molecular weight excluding hydrogens is 321 g/mol. The molecule has 0 fully saturated rings. The zero-order valence-corrected chi connectivity index (χ0v) is 13.9. The van der Waals surface area contributed by atoms with E-state index >= 15 is 0 Å². The van der Waals surface area contributed by atoms with Crippen LogP contribution in [-0.2, 0) is 4.79 Å². The van der Waals surface area contributed by atoms with Gasteiger partial charge in [0.05, 0.1) is 6.04 Å². The van der Waals surface area contributed by atoms with Crippen LogP contribution in [0, 0.1) is 6.92 Å². The first kappa shape index (κ1) is 16.7. The summed E-state index contributed by atoms with van der Waals surface area (Å²) in [6.07, 6.45) is 0. The van der Waals surface area contributed by atoms with Crippen molar-refractivity contribution in [2.24, 2.45) is 0 Å². The lowest BCUT2D eigenvalue weighted by Gasteiger charge is -2.15. The van der Waals surface area contributed by atoms with Gasteiger partial charge in [0.15, 0.2) is 6.61 Å². The molecule has 0 heterocycles. The molecule has 0 radical (unpaired) electrons. The Balaban J connectivity index is 1.90. The molecule has 1 N–H and O–H groups in total. The maximum absolute atomic E-state index is 12.0. The van der Waals surface area contributed by atoms with Gasteiger partial charge in [-0.15, -0.1) is 0 Å². The van der Waals surface area contributed by atoms with E-state index in [1.807, 2.05) is 32.0 Å². The van der Waals surface area contributed by atoms with Crippen molar-refractivity contribution in [1.29, 1.82) is 0 Å². The van der Waals surface area contributed by atoms with Crippen LogP contribution in [0.25, 0.3) is 0 Å². The van der Waals surface area contributed by atoms with E-state index in [1.54, 1.807) is 24.3 Å². The SMILES string of the molecule is Cc1cc(Cl)ccc1OCC(=O)N[C@@H](C)c1cccc(Cl)c1. The molecule has 0 aliphatic heterocycles. The minimum Gasteiger partial charge on any atom is -0.484 e. The minimum atomic E-state index is -0.193. The average Bonchev–Trinajstić information content (AvgIpc) is 2.46. The first-order chi connectivity index (χ1) is 10.5. The number of benzene rings is 2. The molecule has 3 nitrogen and oxygen atoms in total. The van der Waals surface area contributed by atoms with Crippen molar-refractivity contribution in [2.75, 3.05) is 6.61 Å². The molecule has 2 rings (SSSR count). The van der Waals surface area contributed by atoms with Gasteiger partial charge in [0.25, 0.3) is 5.91 Å². The monoisotopic (exact) mass is 337 g/mol. The molecule has 1 amide bonds. The molecule has 22 heavy (non-hydrogen) atoms. The van der Waals surface area contributed by atoms with Gasteiger partial charge in [0.2, 0.25) is 0 Å². The minimum absolute atomic E-state index is 0.0482. The Morgan fingerprint density at radius 1 is 1.18 bits per heavy atom. The fourth-order valence-electron chi connectivity index (χ4n) is 2.06. The van der Waals surface area contributed by atoms with Crippen LogP contribution in [0.15, 0.2) is 42.5 Å². The summed E-state index contributed by atoms with van der Waals surface area (Å²) in [7, 11) is 0. The summed E-state index contributed by atoms with van der Waals surface area (Å²) in [5, 5.41) is 4.16. The number of nitrogens with one attached hydrogen (secondary N) is 1. The zero-order chi connectivity index (χ0) is 16.1. The van der Waals surface area contributed by atoms with Crippen molar-refractivity contribution in [3.8, 4) is 5.75 Å². The first-order valence-electron chi connectivity index (χ1n) is 6.89. The lowest BCUT2D eigenvalue weighted by Crippen LogP contribution is -2.31. The zero-order valence-electron chi connectivity index (χ0n) is 12.4. The average molecular weight is 338 g/mol. The van der Waals surface area contributed by atoms with Crippen LogP contribution in [0.2, 0.25) is 10.0 Å². The van der Waals surface area contributed by atoms with Crippen molar-refractivity contribution < 1.29 is 9.53 Å². The molecule has 0 saturated carbocycles. The summed E-state index contributed by atoms with van der Waals surface area (Å²) in [4.78, 5) is 12.0. The largest absolute Gasteiger partial charge is 0.484 e. The van der Waals surface area contributed by atoms with Gasteiger partial charge in [0.1, 0.15) is 5.75 Å². The van der Waals surface area contributed by atoms with Crippen molar-refractivity contribution in [2.45, 2.75) is 19.9 Å². The van der Waals surface area contributed by atoms with Crippen LogP contribution < -0.4 is 10.1 Å². The van der Waals surface area contributed by atoms with Crippen LogP contribution in [0.4, 0.5) is 0 Å². The van der Waals surface area contributed by atoms with Crippen LogP contribution >= 0.6 is 23.2 Å². The highest BCUT2D eigenvalue weighted by atomic mass is 35.5. The summed E-state index contributed by atoms with van der Waals surface area (Å²) in [5.74, 6) is 0.455. The van der Waals surface area contributed by atoms with Gasteiger partial charge in [-0.3, -0.25) is 4.79 Å². The summed E-state index contributed by atoms with van der Waals surface area (Å²) in [5.41, 5.74) is 1.84. The van der Waals surface area contributed by atoms with Crippen LogP contribution in [-0.4, -0.2) is 12.5 Å². The van der Waals surface area contributed by atoms with Gasteiger partial charge in [-0.25, -0.2) is 0 Å². The Bertz CT molecular complexity index is 673. The predicted molar refractivity (Wildman–Crippen MR) is 89.7 cm³/mol. The number of halogens is 2. The maximum atomic E-state index is 12.0. The van der Waals surface area contributed by atoms with E-state index in [0.29, 0.717) is 15.8 Å². The Hall–Kier alpha value is -1.71. The number of rotatable bonds is 5. The maximum Gasteiger partial charge on any atom is 0.258 e. The molecule has 0 aliphatic rings. The molecular formula is C17H17Cl2NO2. The van der Waals surface area contributed by atoms with Crippen molar-refractivity contribution in [1.82, 2.24) is 5.32 Å². The summed E-state index contributed by atoms with van der Waals surface area (Å²) >= 11 is 11.8. The highest BCUT2D eigenvalue weighted by molar-refractivity contribution is 6.30. The Morgan fingerprint density at radius 2 is 1.91 bits per heavy atom. The molecule has 2 aromatic carbocycles. The third-order valence-corrected chi connectivity index (χ3v) is 3.69. The van der Waals surface area contributed by atoms with Crippen molar-refractivity contribution in [3.05, 3.63) is 63.6 Å². The van der Waals surface area contributed by atoms with E-state index in [4.69, 9.17) is 27.9 Å². The van der Waals surface area contributed by atoms with Gasteiger partial charge < -0.3 is 10.1 Å². The highest BCUT2D eigenvalue weighted by Crippen LogP contribution is 2.22. The number of ether oxygens (including phenoxy) is 1. The van der Waals surface area contributed by atoms with Gasteiger partial charge in [-0.05, 0) is 55.3 Å². The van der Waals surface area contributed by atoms with E-state index in [9.17, 15) is 4.79 Å². The second kappa shape index (κ2) is 7.52. The number of amides is 1. The first-order valence-corrected chi connectivity index (χ1v) is 7.65. The van der Waals surface area contributed by atoms with Crippen molar-refractivity contribution >= 4 is 29.1 Å². The fraction of sp³-hybridized carbons (Fsp3) is 0.235. The molecule has 5 heteroatoms. The third-order valence-electron chi connectivity index (χ3n) is 3.22. The molecule has 0 aromatic heterocycles. The number of aryl methyl sites for hydroxylation is 1. The Morgan fingerprint density at radius 3 is 2.59 bits per heavy atom. The molecule has 2 aromatic rings. The Labute approximate surface area is 140 Å². The van der Waals surface area contributed by atoms with E-state index in [-0.39, 0.29) is 18.6 Å². The van der Waals surface area contributed by atoms with Gasteiger partial charge in [0, 0.05) is 10.0 Å². The Kier molecular flexibility index (Phi) is 5.69. The second-order valence-corrected chi connectivity index (χ2v) is 5.92. The summed E-state index contributed by atoms with van der Waals surface area (Å²) < 4.78 is 5.52. The number of hydrogen-bond donors (Lipinski definition) is 1. The number of carbonyl (C=O) groups excluding carboxylic acids is 1. The van der Waals surface area contributed by atoms with Crippen LogP contribution in [0.1, 0.15) is 24.1 Å². The van der Waals surface area contributed by atoms with Crippen LogP contribution in [0.5, 0.6) is 5.75 Å². The lowest BCUT2D eigenvalue weighted by atomic mass is 10.1. The van der Waals surface area contributed by atoms with Crippen LogP contribution in [0.3, 0.4) is 0 Å². The standard InChI is InChI=1S/C17H17Cl2NO2/c1-11-8-15(19)6-7-16(11)22-10-17(21)20-12(2)13-4-3-5-14(18)9-13/h3-9,12H,10H2,1-2H3,(H,20,21)/t12-/m0/s1. The fourth-order valence-corrected chi connectivity index (χ4v) is 2.49. The number of carbonyl (C=O) groups is 1. The molecule has 1 atom stereocenters. The normalized spacial score (nSPS) is 11.8. The lowest BCUT2D eigenvalue weighted by molar-refractivity contribution is -0.123. The number of hydrogen-bond acceptors (Lipinski definition) is 2. The molecule has 0 spiro atoms. The molecule has 0 bridgehead atoms. The molecule has 116 valence electrons. The van der Waals surface area contributed by atoms with E-state index in [0.717, 1.165) is 11.1 Å². The van der Waals surface area contributed by atoms with Gasteiger partial charge in [-0.2, -0.15) is 0 Å². The summed E-state index contributed by atoms with van der Waals surface area (Å²) in [6, 6.07) is 12.5. The topological polar surface area (TPSA) is 38.3 Å². The van der Waals surface area contributed by atoms with Gasteiger partial charge >= 0.3 is 0 Å².